The van der Waals surface area contributed by atoms with Crippen LogP contribution in [0.5, 0.6) is 0 Å². The minimum absolute atomic E-state index is 0.517. The van der Waals surface area contributed by atoms with Gasteiger partial charge in [-0.25, -0.2) is 4.98 Å². The highest BCUT2D eigenvalue weighted by atomic mass is 16.5. The van der Waals surface area contributed by atoms with Crippen LogP contribution in [-0.2, 0) is 11.3 Å². The molecule has 1 unspecified atom stereocenters. The lowest BCUT2D eigenvalue weighted by Crippen LogP contribution is -2.51. The van der Waals surface area contributed by atoms with E-state index in [1.54, 1.807) is 0 Å². The summed E-state index contributed by atoms with van der Waals surface area (Å²) in [6.45, 7) is 17.2. The molecular formula is C24H44N6O2. The van der Waals surface area contributed by atoms with Crippen molar-refractivity contribution < 1.29 is 9.15 Å². The number of nitrogens with zero attached hydrogens (tertiary/aromatic N) is 4. The number of rotatable bonds is 9. The number of oxazole rings is 1. The van der Waals surface area contributed by atoms with Crippen LogP contribution < -0.4 is 10.6 Å². The van der Waals surface area contributed by atoms with Crippen LogP contribution >= 0.6 is 0 Å². The summed E-state index contributed by atoms with van der Waals surface area (Å²) < 4.78 is 11.3. The van der Waals surface area contributed by atoms with Gasteiger partial charge >= 0.3 is 0 Å². The van der Waals surface area contributed by atoms with Crippen LogP contribution in [0.25, 0.3) is 0 Å². The van der Waals surface area contributed by atoms with E-state index in [2.05, 4.69) is 44.3 Å². The summed E-state index contributed by atoms with van der Waals surface area (Å²) in [5, 5.41) is 7.16. The fourth-order valence-electron chi connectivity index (χ4n) is 4.67. The number of guanidine groups is 1. The SMILES string of the molecule is CN=C(NCC1CCN(Cc2nc(C)c(C)o2)CC1)NCC(CC(C)C)N1CCOCC1. The zero-order valence-corrected chi connectivity index (χ0v) is 20.8. The molecule has 0 bridgehead atoms. The van der Waals surface area contributed by atoms with E-state index in [1.165, 1.54) is 19.3 Å². The Morgan fingerprint density at radius 3 is 2.44 bits per heavy atom. The second-order valence-electron chi connectivity index (χ2n) is 9.73. The standard InChI is InChI=1S/C24H44N6O2/c1-18(2)14-22(30-10-12-31-13-11-30)16-27-24(25-5)26-15-21-6-8-29(9-7-21)17-23-28-19(3)20(4)32-23/h18,21-22H,6-17H2,1-5H3,(H2,25,26,27). The lowest BCUT2D eigenvalue weighted by Gasteiger charge is -2.36. The van der Waals surface area contributed by atoms with Gasteiger partial charge in [0.15, 0.2) is 5.96 Å². The Morgan fingerprint density at radius 2 is 1.84 bits per heavy atom. The maximum absolute atomic E-state index is 5.75. The molecule has 2 aliphatic heterocycles. The Morgan fingerprint density at radius 1 is 1.12 bits per heavy atom. The van der Waals surface area contributed by atoms with Gasteiger partial charge in [-0.2, -0.15) is 0 Å². The fraction of sp³-hybridized carbons (Fsp3) is 0.833. The molecule has 2 saturated heterocycles. The Balaban J connectivity index is 1.38. The van der Waals surface area contributed by atoms with Crippen molar-refractivity contribution in [3.63, 3.8) is 0 Å². The van der Waals surface area contributed by atoms with Gasteiger partial charge in [-0.15, -0.1) is 0 Å². The molecule has 1 aromatic rings. The second-order valence-corrected chi connectivity index (χ2v) is 9.73. The monoisotopic (exact) mass is 448 g/mol. The molecule has 3 rings (SSSR count). The summed E-state index contributed by atoms with van der Waals surface area (Å²) in [4.78, 5) is 14.0. The number of aliphatic imine (C=N–C) groups is 1. The molecular weight excluding hydrogens is 404 g/mol. The number of aryl methyl sites for hydroxylation is 2. The Labute approximate surface area is 194 Å². The third-order valence-electron chi connectivity index (χ3n) is 6.73. The predicted molar refractivity (Wildman–Crippen MR) is 129 cm³/mol. The molecule has 0 amide bonds. The molecule has 32 heavy (non-hydrogen) atoms. The summed E-state index contributed by atoms with van der Waals surface area (Å²) in [5.41, 5.74) is 1.00. The maximum Gasteiger partial charge on any atom is 0.208 e. The van der Waals surface area contributed by atoms with Crippen molar-refractivity contribution in [1.29, 1.82) is 0 Å². The molecule has 182 valence electrons. The van der Waals surface area contributed by atoms with Gasteiger partial charge in [0, 0.05) is 39.3 Å². The van der Waals surface area contributed by atoms with Crippen LogP contribution in [0.3, 0.4) is 0 Å². The van der Waals surface area contributed by atoms with Crippen LogP contribution in [0.1, 0.15) is 50.5 Å². The first-order valence-corrected chi connectivity index (χ1v) is 12.4. The van der Waals surface area contributed by atoms with Crippen LogP contribution in [-0.4, -0.2) is 86.3 Å². The summed E-state index contributed by atoms with van der Waals surface area (Å²) >= 11 is 0. The third-order valence-corrected chi connectivity index (χ3v) is 6.73. The minimum atomic E-state index is 0.517. The van der Waals surface area contributed by atoms with E-state index in [4.69, 9.17) is 9.15 Å². The van der Waals surface area contributed by atoms with Crippen LogP contribution in [0.2, 0.25) is 0 Å². The number of hydrogen-bond donors (Lipinski definition) is 2. The van der Waals surface area contributed by atoms with Gasteiger partial charge in [-0.3, -0.25) is 14.8 Å². The van der Waals surface area contributed by atoms with Crippen LogP contribution in [0, 0.1) is 25.7 Å². The van der Waals surface area contributed by atoms with Gasteiger partial charge in [-0.1, -0.05) is 13.8 Å². The minimum Gasteiger partial charge on any atom is -0.444 e. The van der Waals surface area contributed by atoms with E-state index < -0.39 is 0 Å². The molecule has 0 aliphatic carbocycles. The van der Waals surface area contributed by atoms with E-state index in [0.29, 0.717) is 17.9 Å². The number of nitrogens with one attached hydrogen (secondary N) is 2. The highest BCUT2D eigenvalue weighted by molar-refractivity contribution is 5.79. The molecule has 2 fully saturated rings. The lowest BCUT2D eigenvalue weighted by molar-refractivity contribution is 0.0132. The highest BCUT2D eigenvalue weighted by Crippen LogP contribution is 2.19. The first kappa shape index (κ1) is 25.0. The number of likely N-dealkylation sites (tertiary alicyclic amines) is 1. The number of piperidine rings is 1. The average molecular weight is 449 g/mol. The van der Waals surface area contributed by atoms with Crippen molar-refractivity contribution in [2.24, 2.45) is 16.8 Å². The van der Waals surface area contributed by atoms with Gasteiger partial charge in [0.2, 0.25) is 5.89 Å². The number of aromatic nitrogens is 1. The molecule has 1 atom stereocenters. The van der Waals surface area contributed by atoms with Crippen molar-refractivity contribution in [3.8, 4) is 0 Å². The molecule has 8 heteroatoms. The van der Waals surface area contributed by atoms with Gasteiger partial charge in [0.25, 0.3) is 0 Å². The second kappa shape index (κ2) is 12.6. The third kappa shape index (κ3) is 7.74. The quantitative estimate of drug-likeness (QED) is 0.444. The topological polar surface area (TPSA) is 78.2 Å². The Hall–Kier alpha value is -1.64. The molecule has 3 heterocycles. The zero-order valence-electron chi connectivity index (χ0n) is 20.8. The van der Waals surface area contributed by atoms with E-state index >= 15 is 0 Å². The molecule has 1 aromatic heterocycles. The summed E-state index contributed by atoms with van der Waals surface area (Å²) in [5.74, 6) is 4.04. The normalized spacial score (nSPS) is 20.6. The van der Waals surface area contributed by atoms with Crippen molar-refractivity contribution in [2.75, 3.05) is 59.5 Å². The molecule has 2 N–H and O–H groups in total. The molecule has 0 saturated carbocycles. The molecule has 8 nitrogen and oxygen atoms in total. The van der Waals surface area contributed by atoms with Crippen molar-refractivity contribution >= 4 is 5.96 Å². The van der Waals surface area contributed by atoms with Crippen molar-refractivity contribution in [3.05, 3.63) is 17.3 Å². The van der Waals surface area contributed by atoms with Gasteiger partial charge < -0.3 is 19.8 Å². The fourth-order valence-corrected chi connectivity index (χ4v) is 4.67. The maximum atomic E-state index is 5.75. The molecule has 2 aliphatic rings. The Bertz CT molecular complexity index is 686. The first-order chi connectivity index (χ1) is 15.4. The predicted octanol–water partition coefficient (Wildman–Crippen LogP) is 2.42. The summed E-state index contributed by atoms with van der Waals surface area (Å²) in [6.07, 6.45) is 3.56. The van der Waals surface area contributed by atoms with E-state index in [1.807, 2.05) is 20.9 Å². The Kier molecular flexibility index (Phi) is 9.81. The van der Waals surface area contributed by atoms with Gasteiger partial charge in [0.05, 0.1) is 25.5 Å². The smallest absolute Gasteiger partial charge is 0.208 e. The molecule has 0 aromatic carbocycles. The van der Waals surface area contributed by atoms with Crippen LogP contribution in [0.15, 0.2) is 9.41 Å². The van der Waals surface area contributed by atoms with E-state index in [0.717, 1.165) is 82.3 Å². The first-order valence-electron chi connectivity index (χ1n) is 12.4. The zero-order chi connectivity index (χ0) is 22.9. The highest BCUT2D eigenvalue weighted by Gasteiger charge is 2.23. The van der Waals surface area contributed by atoms with Gasteiger partial charge in [-0.05, 0) is 58.0 Å². The lowest BCUT2D eigenvalue weighted by atomic mass is 9.97. The van der Waals surface area contributed by atoms with Crippen molar-refractivity contribution in [2.45, 2.75) is 59.5 Å². The van der Waals surface area contributed by atoms with E-state index in [-0.39, 0.29) is 0 Å². The summed E-state index contributed by atoms with van der Waals surface area (Å²) in [6, 6.07) is 0.517. The average Bonchev–Trinajstić information content (AvgIpc) is 3.11. The number of hydrogen-bond acceptors (Lipinski definition) is 6. The number of morpholine rings is 1. The van der Waals surface area contributed by atoms with Crippen molar-refractivity contribution in [1.82, 2.24) is 25.4 Å². The number of ether oxygens (including phenoxy) is 1. The molecule has 0 radical (unpaired) electrons. The molecule has 0 spiro atoms. The van der Waals surface area contributed by atoms with Crippen LogP contribution in [0.4, 0.5) is 0 Å². The van der Waals surface area contributed by atoms with E-state index in [9.17, 15) is 0 Å². The summed E-state index contributed by atoms with van der Waals surface area (Å²) in [7, 11) is 1.87. The largest absolute Gasteiger partial charge is 0.444 e. The van der Waals surface area contributed by atoms with Gasteiger partial charge in [0.1, 0.15) is 5.76 Å².